The Morgan fingerprint density at radius 1 is 1.30 bits per heavy atom. The Bertz CT molecular complexity index is 791. The minimum Gasteiger partial charge on any atom is -0.460 e. The quantitative estimate of drug-likeness (QED) is 0.441. The third kappa shape index (κ3) is 6.19. The van der Waals surface area contributed by atoms with Gasteiger partial charge >= 0.3 is 5.97 Å². The molecule has 3 aliphatic rings. The molecule has 3 fully saturated rings. The SMILES string of the molecule is C=C1/C(=C\C=C2/CCC[C@]3(C)[C@@H]([C@H](C)CCCC(C)(C)OC(C)=O)CC[C@@H]23)C[C@@H](O)C[C@@H]1O. The van der Waals surface area contributed by atoms with Crippen LogP contribution in [0.15, 0.2) is 35.5 Å². The molecule has 0 aromatic rings. The van der Waals surface area contributed by atoms with Crippen LogP contribution in [0.5, 0.6) is 0 Å². The molecule has 6 atom stereocenters. The van der Waals surface area contributed by atoms with Gasteiger partial charge in [-0.25, -0.2) is 0 Å². The first-order chi connectivity index (χ1) is 15.4. The number of hydrogen-bond acceptors (Lipinski definition) is 4. The zero-order valence-corrected chi connectivity index (χ0v) is 21.5. The van der Waals surface area contributed by atoms with Crippen molar-refractivity contribution in [2.24, 2.45) is 23.2 Å². The molecule has 0 aromatic heterocycles. The average molecular weight is 459 g/mol. The molecule has 0 bridgehead atoms. The van der Waals surface area contributed by atoms with Gasteiger partial charge in [0.05, 0.1) is 12.2 Å². The summed E-state index contributed by atoms with van der Waals surface area (Å²) in [7, 11) is 0. The molecule has 0 amide bonds. The number of carbonyl (C=O) groups excluding carboxylic acids is 1. The van der Waals surface area contributed by atoms with Gasteiger partial charge in [0.2, 0.25) is 0 Å². The van der Waals surface area contributed by atoms with Crippen molar-refractivity contribution in [1.29, 1.82) is 0 Å². The number of ether oxygens (including phenoxy) is 1. The van der Waals surface area contributed by atoms with E-state index in [-0.39, 0.29) is 11.6 Å². The Kier molecular flexibility index (Phi) is 8.32. The highest BCUT2D eigenvalue weighted by atomic mass is 16.6. The molecule has 4 nitrogen and oxygen atoms in total. The highest BCUT2D eigenvalue weighted by molar-refractivity contribution is 5.66. The minimum absolute atomic E-state index is 0.198. The lowest BCUT2D eigenvalue weighted by molar-refractivity contribution is -0.154. The normalized spacial score (nSPS) is 36.2. The van der Waals surface area contributed by atoms with Crippen LogP contribution in [-0.4, -0.2) is 34.0 Å². The molecule has 0 saturated heterocycles. The van der Waals surface area contributed by atoms with Crippen molar-refractivity contribution in [3.63, 3.8) is 0 Å². The third-order valence-electron chi connectivity index (χ3n) is 8.85. The summed E-state index contributed by atoms with van der Waals surface area (Å²) in [5.74, 6) is 1.81. The van der Waals surface area contributed by atoms with Crippen molar-refractivity contribution in [1.82, 2.24) is 0 Å². The summed E-state index contributed by atoms with van der Waals surface area (Å²) >= 11 is 0. The summed E-state index contributed by atoms with van der Waals surface area (Å²) in [4.78, 5) is 11.3. The van der Waals surface area contributed by atoms with Crippen molar-refractivity contribution in [3.8, 4) is 0 Å². The molecule has 33 heavy (non-hydrogen) atoms. The molecular formula is C29H46O4. The van der Waals surface area contributed by atoms with Gasteiger partial charge < -0.3 is 14.9 Å². The minimum atomic E-state index is -0.627. The fraction of sp³-hybridized carbons (Fsp3) is 0.759. The summed E-state index contributed by atoms with van der Waals surface area (Å²) in [6.45, 7) is 14.5. The number of aliphatic hydroxyl groups excluding tert-OH is 2. The standard InChI is InChI=1S/C29H46O4/c1-19(9-7-15-28(4,5)33-21(3)30)25-13-14-26-22(10-8-16-29(25,26)6)11-12-23-17-24(31)18-27(32)20(23)2/h11-12,19,24-27,31-32H,2,7-10,13-18H2,1,3-6H3/b22-11+,23-12-/t19-,24-,25-,26+,27+,29-/m1/s1. The van der Waals surface area contributed by atoms with E-state index in [1.54, 1.807) is 5.57 Å². The Balaban J connectivity index is 1.65. The van der Waals surface area contributed by atoms with Crippen molar-refractivity contribution < 1.29 is 19.7 Å². The largest absolute Gasteiger partial charge is 0.460 e. The van der Waals surface area contributed by atoms with Crippen molar-refractivity contribution in [3.05, 3.63) is 35.5 Å². The maximum Gasteiger partial charge on any atom is 0.303 e. The molecule has 186 valence electrons. The Morgan fingerprint density at radius 2 is 2.03 bits per heavy atom. The van der Waals surface area contributed by atoms with Crippen LogP contribution in [0.1, 0.15) is 98.8 Å². The fourth-order valence-electron chi connectivity index (χ4n) is 7.17. The number of fused-ring (bicyclic) bond motifs is 1. The van der Waals surface area contributed by atoms with Gasteiger partial charge in [-0.2, -0.15) is 0 Å². The maximum atomic E-state index is 11.3. The second kappa shape index (κ2) is 10.5. The summed E-state index contributed by atoms with van der Waals surface area (Å²) in [6.07, 6.45) is 13.7. The highest BCUT2D eigenvalue weighted by Gasteiger charge is 2.50. The van der Waals surface area contributed by atoms with Gasteiger partial charge in [0.1, 0.15) is 5.60 Å². The van der Waals surface area contributed by atoms with Gasteiger partial charge in [0, 0.05) is 13.3 Å². The van der Waals surface area contributed by atoms with Gasteiger partial charge in [-0.3, -0.25) is 4.79 Å². The number of allylic oxidation sites excluding steroid dienone is 3. The molecule has 0 spiro atoms. The van der Waals surface area contributed by atoms with Gasteiger partial charge in [-0.1, -0.05) is 44.6 Å². The predicted octanol–water partition coefficient (Wildman–Crippen LogP) is 6.28. The zero-order chi connectivity index (χ0) is 24.4. The molecule has 0 radical (unpaired) electrons. The number of carbonyl (C=O) groups is 1. The average Bonchev–Trinajstić information content (AvgIpc) is 3.06. The molecule has 3 saturated carbocycles. The van der Waals surface area contributed by atoms with Gasteiger partial charge in [-0.05, 0) is 99.5 Å². The monoisotopic (exact) mass is 458 g/mol. The van der Waals surface area contributed by atoms with E-state index >= 15 is 0 Å². The lowest BCUT2D eigenvalue weighted by atomic mass is 9.60. The zero-order valence-electron chi connectivity index (χ0n) is 21.5. The smallest absolute Gasteiger partial charge is 0.303 e. The van der Waals surface area contributed by atoms with E-state index in [9.17, 15) is 15.0 Å². The van der Waals surface area contributed by atoms with Gasteiger partial charge in [-0.15, -0.1) is 0 Å². The lowest BCUT2D eigenvalue weighted by Crippen LogP contribution is -2.36. The topological polar surface area (TPSA) is 66.8 Å². The van der Waals surface area contributed by atoms with Crippen LogP contribution in [0.2, 0.25) is 0 Å². The fourth-order valence-corrected chi connectivity index (χ4v) is 7.17. The van der Waals surface area contributed by atoms with E-state index in [2.05, 4.69) is 32.6 Å². The number of rotatable bonds is 7. The molecule has 3 rings (SSSR count). The predicted molar refractivity (Wildman–Crippen MR) is 134 cm³/mol. The molecule has 0 heterocycles. The number of aliphatic hydroxyl groups is 2. The van der Waals surface area contributed by atoms with E-state index in [0.29, 0.717) is 30.1 Å². The van der Waals surface area contributed by atoms with Crippen LogP contribution in [0.25, 0.3) is 0 Å². The Morgan fingerprint density at radius 3 is 2.73 bits per heavy atom. The van der Waals surface area contributed by atoms with Crippen molar-refractivity contribution in [2.75, 3.05) is 0 Å². The first-order valence-electron chi connectivity index (χ1n) is 13.1. The summed E-state index contributed by atoms with van der Waals surface area (Å²) < 4.78 is 5.47. The van der Waals surface area contributed by atoms with Crippen molar-refractivity contribution in [2.45, 2.75) is 117 Å². The number of hydrogen-bond donors (Lipinski definition) is 2. The summed E-state index contributed by atoms with van der Waals surface area (Å²) in [5, 5.41) is 20.2. The lowest BCUT2D eigenvalue weighted by Gasteiger charge is -2.44. The Hall–Kier alpha value is -1.39. The van der Waals surface area contributed by atoms with E-state index < -0.39 is 12.2 Å². The van der Waals surface area contributed by atoms with Crippen LogP contribution in [0, 0.1) is 23.2 Å². The molecule has 0 aromatic carbocycles. The van der Waals surface area contributed by atoms with Crippen molar-refractivity contribution >= 4 is 5.97 Å². The second-order valence-electron chi connectivity index (χ2n) is 11.9. The molecule has 0 unspecified atom stereocenters. The maximum absolute atomic E-state index is 11.3. The van der Waals surface area contributed by atoms with E-state index in [4.69, 9.17) is 4.74 Å². The highest BCUT2D eigenvalue weighted by Crippen LogP contribution is 2.60. The molecule has 4 heteroatoms. The summed E-state index contributed by atoms with van der Waals surface area (Å²) in [6, 6.07) is 0. The van der Waals surface area contributed by atoms with Crippen LogP contribution in [-0.2, 0) is 9.53 Å². The third-order valence-corrected chi connectivity index (χ3v) is 8.85. The molecule has 2 N–H and O–H groups in total. The molecule has 0 aliphatic heterocycles. The van der Waals surface area contributed by atoms with Gasteiger partial charge in [0.15, 0.2) is 0 Å². The molecular weight excluding hydrogens is 412 g/mol. The van der Waals surface area contributed by atoms with E-state index in [0.717, 1.165) is 36.3 Å². The van der Waals surface area contributed by atoms with Crippen LogP contribution < -0.4 is 0 Å². The van der Waals surface area contributed by atoms with E-state index in [1.165, 1.54) is 39.0 Å². The first kappa shape index (κ1) is 26.2. The Labute approximate surface area is 201 Å². The van der Waals surface area contributed by atoms with Crippen LogP contribution >= 0.6 is 0 Å². The first-order valence-corrected chi connectivity index (χ1v) is 13.1. The molecule has 3 aliphatic carbocycles. The number of esters is 1. The summed E-state index contributed by atoms with van der Waals surface area (Å²) in [5.41, 5.74) is 3.27. The van der Waals surface area contributed by atoms with E-state index in [1.807, 2.05) is 13.8 Å². The van der Waals surface area contributed by atoms with Gasteiger partial charge in [0.25, 0.3) is 0 Å². The van der Waals surface area contributed by atoms with Crippen LogP contribution in [0.3, 0.4) is 0 Å². The second-order valence-corrected chi connectivity index (χ2v) is 11.9. The van der Waals surface area contributed by atoms with Crippen LogP contribution in [0.4, 0.5) is 0 Å².